The minimum atomic E-state index is -0.733. The van der Waals surface area contributed by atoms with E-state index in [0.29, 0.717) is 23.6 Å². The number of rotatable bonds is 7. The molecule has 0 aliphatic heterocycles. The minimum absolute atomic E-state index is 0.150. The number of amides is 2. The Kier molecular flexibility index (Phi) is 6.63. The maximum absolute atomic E-state index is 13.5. The first-order valence-electron chi connectivity index (χ1n) is 10.3. The van der Waals surface area contributed by atoms with Crippen molar-refractivity contribution in [3.05, 3.63) is 92.8 Å². The lowest BCUT2D eigenvalue weighted by Crippen LogP contribution is -2.48. The Balaban J connectivity index is 1.60. The maximum atomic E-state index is 13.5. The number of H-pyrrole nitrogens is 1. The van der Waals surface area contributed by atoms with Crippen molar-refractivity contribution in [3.63, 3.8) is 0 Å². The summed E-state index contributed by atoms with van der Waals surface area (Å²) in [6.45, 7) is 2.53. The van der Waals surface area contributed by atoms with E-state index in [4.69, 9.17) is 11.6 Å². The normalized spacial score (nSPS) is 12.0. The van der Waals surface area contributed by atoms with Crippen LogP contribution in [-0.2, 0) is 17.8 Å². The quantitative estimate of drug-likeness (QED) is 0.394. The first-order chi connectivity index (χ1) is 15.4. The highest BCUT2D eigenvalue weighted by Gasteiger charge is 2.27. The number of nitrogens with one attached hydrogen (secondary N) is 2. The molecule has 1 atom stereocenters. The van der Waals surface area contributed by atoms with Gasteiger partial charge in [0.05, 0.1) is 17.1 Å². The van der Waals surface area contributed by atoms with Crippen molar-refractivity contribution in [2.24, 2.45) is 0 Å². The van der Waals surface area contributed by atoms with Crippen LogP contribution >= 0.6 is 22.9 Å². The van der Waals surface area contributed by atoms with Gasteiger partial charge in [-0.1, -0.05) is 41.9 Å². The van der Waals surface area contributed by atoms with Crippen molar-refractivity contribution in [1.82, 2.24) is 15.2 Å². The number of nitrogens with zero attached hydrogens (tertiary/aromatic N) is 1. The molecule has 0 radical (unpaired) electrons. The zero-order valence-electron chi connectivity index (χ0n) is 17.9. The van der Waals surface area contributed by atoms with Crippen LogP contribution in [-0.4, -0.2) is 34.8 Å². The molecule has 0 saturated carbocycles. The number of fused-ring (bicyclic) bond motifs is 1. The molecule has 2 aromatic heterocycles. The van der Waals surface area contributed by atoms with Gasteiger partial charge in [0.25, 0.3) is 5.91 Å². The second kappa shape index (κ2) is 9.59. The molecule has 32 heavy (non-hydrogen) atoms. The average molecular weight is 466 g/mol. The van der Waals surface area contributed by atoms with Crippen molar-refractivity contribution >= 4 is 45.7 Å². The van der Waals surface area contributed by atoms with E-state index in [2.05, 4.69) is 10.3 Å². The van der Waals surface area contributed by atoms with E-state index in [1.807, 2.05) is 48.8 Å². The van der Waals surface area contributed by atoms with Gasteiger partial charge in [-0.2, -0.15) is 0 Å². The second-order valence-corrected chi connectivity index (χ2v) is 9.20. The van der Waals surface area contributed by atoms with E-state index >= 15 is 0 Å². The first kappa shape index (κ1) is 22.1. The van der Waals surface area contributed by atoms with Gasteiger partial charge in [-0.3, -0.25) is 9.59 Å². The summed E-state index contributed by atoms with van der Waals surface area (Å²) >= 11 is 7.84. The summed E-state index contributed by atoms with van der Waals surface area (Å²) in [5.74, 6) is -0.516. The zero-order chi connectivity index (χ0) is 22.7. The van der Waals surface area contributed by atoms with Crippen LogP contribution in [0.15, 0.2) is 66.2 Å². The van der Waals surface area contributed by atoms with Crippen molar-refractivity contribution < 1.29 is 9.59 Å². The average Bonchev–Trinajstić information content (AvgIpc) is 3.39. The molecular weight excluding hydrogens is 442 g/mol. The summed E-state index contributed by atoms with van der Waals surface area (Å²) < 4.78 is 0. The number of para-hydroxylation sites is 1. The Morgan fingerprint density at radius 2 is 1.88 bits per heavy atom. The predicted molar refractivity (Wildman–Crippen MR) is 130 cm³/mol. The van der Waals surface area contributed by atoms with Crippen LogP contribution < -0.4 is 5.32 Å². The van der Waals surface area contributed by atoms with Crippen LogP contribution in [0.5, 0.6) is 0 Å². The number of aryl methyl sites for hydroxylation is 1. The topological polar surface area (TPSA) is 65.2 Å². The van der Waals surface area contributed by atoms with Gasteiger partial charge in [0.15, 0.2) is 0 Å². The van der Waals surface area contributed by atoms with Crippen molar-refractivity contribution in [1.29, 1.82) is 0 Å². The minimum Gasteiger partial charge on any atom is -0.361 e. The fraction of sp³-hybridized carbons (Fsp3) is 0.200. The summed E-state index contributed by atoms with van der Waals surface area (Å²) in [7, 11) is 1.77. The number of hydrogen-bond donors (Lipinski definition) is 2. The number of halogens is 1. The highest BCUT2D eigenvalue weighted by molar-refractivity contribution is 7.10. The highest BCUT2D eigenvalue weighted by Crippen LogP contribution is 2.22. The standard InChI is InChI=1S/C25H24ClN3O2S/c1-16-11-12-32-23(16)15-29(2)25(31)22(28-24(30)19-8-3-5-9-20(19)26)13-17-14-27-21-10-6-4-7-18(17)21/h3-12,14,22,27H,13,15H2,1-2H3,(H,28,30)/t22-/m0/s1. The summed E-state index contributed by atoms with van der Waals surface area (Å²) in [6.07, 6.45) is 2.27. The van der Waals surface area contributed by atoms with Gasteiger partial charge < -0.3 is 15.2 Å². The fourth-order valence-electron chi connectivity index (χ4n) is 3.73. The van der Waals surface area contributed by atoms with Gasteiger partial charge in [-0.05, 0) is 47.7 Å². The monoisotopic (exact) mass is 465 g/mol. The number of hydrogen-bond acceptors (Lipinski definition) is 3. The molecule has 2 heterocycles. The highest BCUT2D eigenvalue weighted by atomic mass is 35.5. The molecule has 4 aromatic rings. The Labute approximate surface area is 196 Å². The Morgan fingerprint density at radius 3 is 2.62 bits per heavy atom. The zero-order valence-corrected chi connectivity index (χ0v) is 19.5. The molecule has 2 N–H and O–H groups in total. The van der Waals surface area contributed by atoms with E-state index in [1.54, 1.807) is 47.5 Å². The number of carbonyl (C=O) groups is 2. The van der Waals surface area contributed by atoms with Crippen LogP contribution in [0.1, 0.15) is 26.4 Å². The molecule has 164 valence electrons. The van der Waals surface area contributed by atoms with E-state index in [1.165, 1.54) is 0 Å². The van der Waals surface area contributed by atoms with Gasteiger partial charge in [-0.25, -0.2) is 0 Å². The summed E-state index contributed by atoms with van der Waals surface area (Å²) in [6, 6.07) is 16.1. The lowest BCUT2D eigenvalue weighted by molar-refractivity contribution is -0.132. The van der Waals surface area contributed by atoms with Crippen LogP contribution in [0.3, 0.4) is 0 Å². The van der Waals surface area contributed by atoms with Gasteiger partial charge in [-0.15, -0.1) is 11.3 Å². The Hall–Kier alpha value is -3.09. The first-order valence-corrected chi connectivity index (χ1v) is 11.6. The third-order valence-electron chi connectivity index (χ3n) is 5.55. The molecule has 0 saturated heterocycles. The van der Waals surface area contributed by atoms with E-state index in [9.17, 15) is 9.59 Å². The van der Waals surface area contributed by atoms with Crippen LogP contribution in [0.25, 0.3) is 10.9 Å². The van der Waals surface area contributed by atoms with Gasteiger partial charge in [0, 0.05) is 35.4 Å². The van der Waals surface area contributed by atoms with Crippen LogP contribution in [0, 0.1) is 6.92 Å². The molecule has 0 aliphatic rings. The van der Waals surface area contributed by atoms with Gasteiger partial charge >= 0.3 is 0 Å². The van der Waals surface area contributed by atoms with Crippen molar-refractivity contribution in [2.45, 2.75) is 25.9 Å². The van der Waals surface area contributed by atoms with Crippen molar-refractivity contribution in [2.75, 3.05) is 7.05 Å². The number of benzene rings is 2. The molecule has 7 heteroatoms. The lowest BCUT2D eigenvalue weighted by Gasteiger charge is -2.25. The third-order valence-corrected chi connectivity index (χ3v) is 6.88. The molecule has 0 bridgehead atoms. The van der Waals surface area contributed by atoms with Gasteiger partial charge in [0.1, 0.15) is 6.04 Å². The van der Waals surface area contributed by atoms with Crippen LogP contribution in [0.2, 0.25) is 5.02 Å². The van der Waals surface area contributed by atoms with E-state index in [0.717, 1.165) is 26.9 Å². The fourth-order valence-corrected chi connectivity index (χ4v) is 4.91. The third kappa shape index (κ3) is 4.71. The molecule has 0 unspecified atom stereocenters. The molecule has 0 fully saturated rings. The van der Waals surface area contributed by atoms with E-state index < -0.39 is 6.04 Å². The number of aromatic amines is 1. The molecule has 0 aliphatic carbocycles. The molecule has 4 rings (SSSR count). The number of carbonyl (C=O) groups excluding carboxylic acids is 2. The summed E-state index contributed by atoms with van der Waals surface area (Å²) in [4.78, 5) is 32.5. The molecule has 0 spiro atoms. The molecule has 5 nitrogen and oxygen atoms in total. The van der Waals surface area contributed by atoms with Crippen LogP contribution in [0.4, 0.5) is 0 Å². The molecular formula is C25H24ClN3O2S. The number of aromatic nitrogens is 1. The van der Waals surface area contributed by atoms with E-state index in [-0.39, 0.29) is 11.8 Å². The Morgan fingerprint density at radius 1 is 1.12 bits per heavy atom. The number of thiophene rings is 1. The summed E-state index contributed by atoms with van der Waals surface area (Å²) in [5.41, 5.74) is 3.47. The molecule has 2 aromatic carbocycles. The maximum Gasteiger partial charge on any atom is 0.253 e. The smallest absolute Gasteiger partial charge is 0.253 e. The van der Waals surface area contributed by atoms with Crippen molar-refractivity contribution in [3.8, 4) is 0 Å². The number of likely N-dealkylation sites (N-methyl/N-ethyl adjacent to an activating group) is 1. The largest absolute Gasteiger partial charge is 0.361 e. The Bertz CT molecular complexity index is 1260. The second-order valence-electron chi connectivity index (χ2n) is 7.79. The SMILES string of the molecule is Cc1ccsc1CN(C)C(=O)[C@H](Cc1c[nH]c2ccccc12)NC(=O)c1ccccc1Cl. The summed E-state index contributed by atoms with van der Waals surface area (Å²) in [5, 5.41) is 6.34. The predicted octanol–water partition coefficient (Wildman–Crippen LogP) is 5.19. The molecule has 2 amide bonds. The van der Waals surface area contributed by atoms with Gasteiger partial charge in [0.2, 0.25) is 5.91 Å². The lowest BCUT2D eigenvalue weighted by atomic mass is 10.0.